The second-order valence-electron chi connectivity index (χ2n) is 5.74. The smallest absolute Gasteiger partial charge is 0.262 e. The van der Waals surface area contributed by atoms with Crippen LogP contribution in [0.5, 0.6) is 0 Å². The summed E-state index contributed by atoms with van der Waals surface area (Å²) in [5.74, 6) is 0.585. The zero-order valence-corrected chi connectivity index (χ0v) is 14.2. The van der Waals surface area contributed by atoms with Crippen molar-refractivity contribution in [3.05, 3.63) is 46.2 Å². The molecule has 22 heavy (non-hydrogen) atoms. The van der Waals surface area contributed by atoms with E-state index in [1.54, 1.807) is 0 Å². The lowest BCUT2D eigenvalue weighted by Crippen LogP contribution is -2.38. The average molecular weight is 337 g/mol. The molecule has 5 heteroatoms. The second kappa shape index (κ2) is 7.27. The molecule has 3 rings (SSSR count). The molecule has 0 bridgehead atoms. The molecule has 0 saturated heterocycles. The second-order valence-corrected chi connectivity index (χ2v) is 6.66. The van der Waals surface area contributed by atoms with E-state index in [9.17, 15) is 4.79 Å². The Morgan fingerprint density at radius 1 is 1.32 bits per heavy atom. The summed E-state index contributed by atoms with van der Waals surface area (Å²) in [6.07, 6.45) is 2.40. The number of hydrogen-bond donors (Lipinski definition) is 2. The predicted molar refractivity (Wildman–Crippen MR) is 94.8 cm³/mol. The molecule has 2 aromatic rings. The Bertz CT molecular complexity index is 634. The van der Waals surface area contributed by atoms with Crippen LogP contribution in [0.2, 0.25) is 0 Å². The van der Waals surface area contributed by atoms with Crippen LogP contribution in [-0.4, -0.2) is 18.5 Å². The van der Waals surface area contributed by atoms with Crippen molar-refractivity contribution in [3.63, 3.8) is 0 Å². The summed E-state index contributed by atoms with van der Waals surface area (Å²) in [5, 5.41) is 4.94. The molecule has 1 aromatic heterocycles. The fourth-order valence-electron chi connectivity index (χ4n) is 2.43. The van der Waals surface area contributed by atoms with Crippen molar-refractivity contribution in [3.8, 4) is 11.1 Å². The molecule has 1 fully saturated rings. The van der Waals surface area contributed by atoms with E-state index >= 15 is 0 Å². The van der Waals surface area contributed by atoms with Crippen LogP contribution in [0.25, 0.3) is 11.1 Å². The van der Waals surface area contributed by atoms with Gasteiger partial charge in [-0.05, 0) is 42.7 Å². The maximum atomic E-state index is 12.4. The van der Waals surface area contributed by atoms with Gasteiger partial charge in [0.1, 0.15) is 0 Å². The van der Waals surface area contributed by atoms with Gasteiger partial charge in [-0.25, -0.2) is 0 Å². The zero-order valence-electron chi connectivity index (χ0n) is 12.5. The Labute approximate surface area is 141 Å². The van der Waals surface area contributed by atoms with E-state index in [1.165, 1.54) is 29.7 Å². The largest absolute Gasteiger partial charge is 0.350 e. The van der Waals surface area contributed by atoms with Gasteiger partial charge in [0.05, 0.1) is 4.88 Å². The number of aryl methyl sites for hydroxylation is 1. The van der Waals surface area contributed by atoms with E-state index in [0.29, 0.717) is 12.5 Å². The first-order valence-electron chi connectivity index (χ1n) is 7.33. The maximum absolute atomic E-state index is 12.4. The molecule has 118 valence electrons. The van der Waals surface area contributed by atoms with Gasteiger partial charge < -0.3 is 11.1 Å². The summed E-state index contributed by atoms with van der Waals surface area (Å²) in [4.78, 5) is 13.1. The fraction of sp³-hybridized carbons (Fsp3) is 0.353. The van der Waals surface area contributed by atoms with Crippen LogP contribution in [0.15, 0.2) is 35.7 Å². The van der Waals surface area contributed by atoms with Crippen molar-refractivity contribution in [2.45, 2.75) is 25.8 Å². The van der Waals surface area contributed by atoms with Gasteiger partial charge in [0.2, 0.25) is 0 Å². The van der Waals surface area contributed by atoms with E-state index < -0.39 is 0 Å². The van der Waals surface area contributed by atoms with E-state index in [2.05, 4.69) is 36.5 Å². The lowest BCUT2D eigenvalue weighted by Gasteiger charge is -2.11. The minimum atomic E-state index is -0.0170. The highest BCUT2D eigenvalue weighted by Crippen LogP contribution is 2.31. The topological polar surface area (TPSA) is 55.1 Å². The van der Waals surface area contributed by atoms with Crippen LogP contribution < -0.4 is 11.1 Å². The summed E-state index contributed by atoms with van der Waals surface area (Å²) < 4.78 is 0. The highest BCUT2D eigenvalue weighted by molar-refractivity contribution is 7.12. The number of hydrogen-bond acceptors (Lipinski definition) is 3. The third-order valence-corrected chi connectivity index (χ3v) is 4.87. The number of nitrogens with two attached hydrogens (primary N) is 1. The van der Waals surface area contributed by atoms with Gasteiger partial charge in [-0.3, -0.25) is 4.79 Å². The lowest BCUT2D eigenvalue weighted by molar-refractivity contribution is 0.0955. The number of halogens is 1. The van der Waals surface area contributed by atoms with Gasteiger partial charge in [0.15, 0.2) is 0 Å². The minimum absolute atomic E-state index is 0. The minimum Gasteiger partial charge on any atom is -0.350 e. The first-order chi connectivity index (χ1) is 10.1. The van der Waals surface area contributed by atoms with Crippen LogP contribution in [-0.2, 0) is 0 Å². The first-order valence-corrected chi connectivity index (χ1v) is 8.21. The summed E-state index contributed by atoms with van der Waals surface area (Å²) >= 11 is 1.48. The van der Waals surface area contributed by atoms with Crippen molar-refractivity contribution in [1.29, 1.82) is 0 Å². The molecule has 1 aliphatic rings. The third-order valence-electron chi connectivity index (χ3n) is 3.96. The Hall–Kier alpha value is -1.36. The Morgan fingerprint density at radius 3 is 2.64 bits per heavy atom. The van der Waals surface area contributed by atoms with Gasteiger partial charge in [0.25, 0.3) is 5.91 Å². The number of thiophene rings is 1. The quantitative estimate of drug-likeness (QED) is 0.876. The van der Waals surface area contributed by atoms with Crippen LogP contribution in [0, 0.1) is 12.8 Å². The number of benzene rings is 1. The zero-order chi connectivity index (χ0) is 14.8. The van der Waals surface area contributed by atoms with Gasteiger partial charge in [-0.1, -0.05) is 29.8 Å². The van der Waals surface area contributed by atoms with Crippen molar-refractivity contribution >= 4 is 29.7 Å². The summed E-state index contributed by atoms with van der Waals surface area (Å²) in [6, 6.07) is 10.4. The summed E-state index contributed by atoms with van der Waals surface area (Å²) in [6.45, 7) is 2.62. The number of rotatable bonds is 5. The molecule has 1 heterocycles. The van der Waals surface area contributed by atoms with Gasteiger partial charge in [-0.2, -0.15) is 0 Å². The molecule has 0 spiro atoms. The molecular weight excluding hydrogens is 316 g/mol. The molecule has 1 amide bonds. The molecule has 1 aromatic carbocycles. The van der Waals surface area contributed by atoms with E-state index in [0.717, 1.165) is 16.0 Å². The Morgan fingerprint density at radius 2 is 2.00 bits per heavy atom. The molecule has 0 radical (unpaired) electrons. The SMILES string of the molecule is Cc1ccc(-c2ccsc2C(=O)NCC(N)C2CC2)cc1.Cl. The fourth-order valence-corrected chi connectivity index (χ4v) is 3.26. The summed E-state index contributed by atoms with van der Waals surface area (Å²) in [5.41, 5.74) is 9.33. The number of carbonyl (C=O) groups excluding carboxylic acids is 1. The number of amides is 1. The van der Waals surface area contributed by atoms with Gasteiger partial charge in [-0.15, -0.1) is 23.7 Å². The molecule has 0 aliphatic heterocycles. The van der Waals surface area contributed by atoms with Crippen molar-refractivity contribution in [2.75, 3.05) is 6.54 Å². The average Bonchev–Trinajstić information content (AvgIpc) is 3.23. The molecule has 3 nitrogen and oxygen atoms in total. The number of carbonyl (C=O) groups is 1. The Balaban J connectivity index is 0.00000176. The highest BCUT2D eigenvalue weighted by Gasteiger charge is 2.28. The van der Waals surface area contributed by atoms with Crippen molar-refractivity contribution < 1.29 is 4.79 Å². The van der Waals surface area contributed by atoms with E-state index in [-0.39, 0.29) is 24.4 Å². The predicted octanol–water partition coefficient (Wildman–Crippen LogP) is 3.61. The Kier molecular flexibility index (Phi) is 5.62. The maximum Gasteiger partial charge on any atom is 0.262 e. The van der Waals surface area contributed by atoms with Crippen molar-refractivity contribution in [2.24, 2.45) is 11.7 Å². The van der Waals surface area contributed by atoms with Crippen molar-refractivity contribution in [1.82, 2.24) is 5.32 Å². The van der Waals surface area contributed by atoms with E-state index in [4.69, 9.17) is 5.73 Å². The van der Waals surface area contributed by atoms with E-state index in [1.807, 2.05) is 11.4 Å². The van der Waals surface area contributed by atoms with Crippen LogP contribution in [0.3, 0.4) is 0 Å². The molecule has 1 atom stereocenters. The number of nitrogens with one attached hydrogen (secondary N) is 1. The van der Waals surface area contributed by atoms with Gasteiger partial charge in [0, 0.05) is 18.2 Å². The third kappa shape index (κ3) is 3.88. The van der Waals surface area contributed by atoms with Gasteiger partial charge >= 0.3 is 0 Å². The first kappa shape index (κ1) is 17.0. The highest BCUT2D eigenvalue weighted by atomic mass is 35.5. The lowest BCUT2D eigenvalue weighted by atomic mass is 10.0. The van der Waals surface area contributed by atoms with Crippen LogP contribution in [0.4, 0.5) is 0 Å². The molecule has 3 N–H and O–H groups in total. The van der Waals surface area contributed by atoms with Crippen LogP contribution >= 0.6 is 23.7 Å². The molecule has 1 unspecified atom stereocenters. The van der Waals surface area contributed by atoms with Crippen LogP contribution in [0.1, 0.15) is 28.1 Å². The molecular formula is C17H21ClN2OS. The standard InChI is InChI=1S/C17H20N2OS.ClH/c1-11-2-4-12(5-3-11)14-8-9-21-16(14)17(20)19-10-15(18)13-6-7-13;/h2-5,8-9,13,15H,6-7,10,18H2,1H3,(H,19,20);1H. The molecule has 1 aliphatic carbocycles. The normalized spacial score (nSPS) is 15.0. The monoisotopic (exact) mass is 336 g/mol. The summed E-state index contributed by atoms with van der Waals surface area (Å²) in [7, 11) is 0. The molecule has 1 saturated carbocycles.